The molecule has 0 atom stereocenters. The molecule has 108 valence electrons. The van der Waals surface area contributed by atoms with E-state index in [1.807, 2.05) is 6.92 Å². The number of rotatable bonds is 3. The molecule has 2 aromatic carbocycles. The van der Waals surface area contributed by atoms with Gasteiger partial charge < -0.3 is 10.4 Å². The summed E-state index contributed by atoms with van der Waals surface area (Å²) in [4.78, 5) is 22.9. The molecule has 0 bridgehead atoms. The van der Waals surface area contributed by atoms with Crippen LogP contribution in [-0.4, -0.2) is 17.0 Å². The Morgan fingerprint density at radius 3 is 2.33 bits per heavy atom. The number of aromatic carboxylic acids is 1. The Morgan fingerprint density at radius 2 is 1.76 bits per heavy atom. The van der Waals surface area contributed by atoms with Crippen molar-refractivity contribution in [1.82, 2.24) is 0 Å². The van der Waals surface area contributed by atoms with Crippen LogP contribution in [0.25, 0.3) is 0 Å². The first-order valence-corrected chi connectivity index (χ1v) is 6.74. The fourth-order valence-corrected chi connectivity index (χ4v) is 2.15. The van der Waals surface area contributed by atoms with Gasteiger partial charge in [0.15, 0.2) is 0 Å². The van der Waals surface area contributed by atoms with Gasteiger partial charge in [-0.15, -0.1) is 0 Å². The highest BCUT2D eigenvalue weighted by Crippen LogP contribution is 2.22. The zero-order chi connectivity index (χ0) is 15.6. The molecule has 0 aromatic heterocycles. The zero-order valence-corrected chi connectivity index (χ0v) is 12.5. The summed E-state index contributed by atoms with van der Waals surface area (Å²) in [6.07, 6.45) is 0. The topological polar surface area (TPSA) is 66.4 Å². The number of nitrogens with one attached hydrogen (secondary N) is 1. The van der Waals surface area contributed by atoms with E-state index in [1.54, 1.807) is 18.2 Å². The van der Waals surface area contributed by atoms with Crippen molar-refractivity contribution < 1.29 is 14.7 Å². The normalized spacial score (nSPS) is 10.2. The second kappa shape index (κ2) is 6.16. The summed E-state index contributed by atoms with van der Waals surface area (Å²) >= 11 is 11.8. The van der Waals surface area contributed by atoms with Crippen LogP contribution in [0, 0.1) is 6.92 Å². The number of hydrogen-bond donors (Lipinski definition) is 2. The Hall–Kier alpha value is -2.04. The molecule has 21 heavy (non-hydrogen) atoms. The number of aryl methyl sites for hydroxylation is 1. The Bertz CT molecular complexity index is 729. The SMILES string of the molecule is Cc1ccc(C(=O)Nc2ccc(C(=O)O)c(Cl)c2)cc1Cl. The summed E-state index contributed by atoms with van der Waals surface area (Å²) in [6, 6.07) is 9.17. The van der Waals surface area contributed by atoms with E-state index in [0.29, 0.717) is 16.3 Å². The lowest BCUT2D eigenvalue weighted by Gasteiger charge is -2.08. The first-order chi connectivity index (χ1) is 9.88. The zero-order valence-electron chi connectivity index (χ0n) is 11.0. The van der Waals surface area contributed by atoms with E-state index >= 15 is 0 Å². The van der Waals surface area contributed by atoms with E-state index in [1.165, 1.54) is 18.2 Å². The van der Waals surface area contributed by atoms with Crippen LogP contribution in [0.4, 0.5) is 5.69 Å². The number of carboxylic acids is 1. The van der Waals surface area contributed by atoms with Crippen molar-refractivity contribution in [2.24, 2.45) is 0 Å². The van der Waals surface area contributed by atoms with Crippen molar-refractivity contribution in [1.29, 1.82) is 0 Å². The number of benzene rings is 2. The van der Waals surface area contributed by atoms with Crippen LogP contribution in [0.15, 0.2) is 36.4 Å². The minimum absolute atomic E-state index is 0.0203. The molecular weight excluding hydrogens is 313 g/mol. The Morgan fingerprint density at radius 1 is 1.05 bits per heavy atom. The number of halogens is 2. The Balaban J connectivity index is 2.21. The van der Waals surface area contributed by atoms with Gasteiger partial charge in [0.05, 0.1) is 10.6 Å². The van der Waals surface area contributed by atoms with Crippen molar-refractivity contribution in [2.45, 2.75) is 6.92 Å². The van der Waals surface area contributed by atoms with Gasteiger partial charge in [-0.05, 0) is 42.8 Å². The number of carbonyl (C=O) groups excluding carboxylic acids is 1. The third-order valence-corrected chi connectivity index (χ3v) is 3.61. The lowest BCUT2D eigenvalue weighted by Crippen LogP contribution is -2.12. The van der Waals surface area contributed by atoms with Crippen molar-refractivity contribution in [3.05, 3.63) is 63.1 Å². The summed E-state index contributed by atoms with van der Waals surface area (Å²) in [6.45, 7) is 1.84. The first kappa shape index (κ1) is 15.4. The highest BCUT2D eigenvalue weighted by molar-refractivity contribution is 6.34. The highest BCUT2D eigenvalue weighted by atomic mass is 35.5. The van der Waals surface area contributed by atoms with Crippen LogP contribution in [-0.2, 0) is 0 Å². The smallest absolute Gasteiger partial charge is 0.337 e. The largest absolute Gasteiger partial charge is 0.478 e. The molecule has 0 aliphatic carbocycles. The molecule has 6 heteroatoms. The maximum absolute atomic E-state index is 12.1. The number of carboxylic acid groups (broad SMARTS) is 1. The van der Waals surface area contributed by atoms with Gasteiger partial charge >= 0.3 is 5.97 Å². The second-order valence-electron chi connectivity index (χ2n) is 4.42. The van der Waals surface area contributed by atoms with Crippen LogP contribution in [0.1, 0.15) is 26.3 Å². The number of hydrogen-bond acceptors (Lipinski definition) is 2. The number of carbonyl (C=O) groups is 2. The van der Waals surface area contributed by atoms with Gasteiger partial charge in [-0.1, -0.05) is 29.3 Å². The van der Waals surface area contributed by atoms with Crippen LogP contribution >= 0.6 is 23.2 Å². The van der Waals surface area contributed by atoms with Crippen LogP contribution in [0.5, 0.6) is 0 Å². The summed E-state index contributed by atoms with van der Waals surface area (Å²) in [5.41, 5.74) is 1.67. The Labute approximate surface area is 131 Å². The van der Waals surface area contributed by atoms with Crippen LogP contribution < -0.4 is 5.32 Å². The third kappa shape index (κ3) is 3.54. The van der Waals surface area contributed by atoms with Crippen LogP contribution in [0.3, 0.4) is 0 Å². The quantitative estimate of drug-likeness (QED) is 0.887. The molecule has 0 fully saturated rings. The lowest BCUT2D eigenvalue weighted by molar-refractivity contribution is 0.0697. The minimum Gasteiger partial charge on any atom is -0.478 e. The van der Waals surface area contributed by atoms with Gasteiger partial charge in [0.1, 0.15) is 0 Å². The molecule has 4 nitrogen and oxygen atoms in total. The van der Waals surface area contributed by atoms with E-state index in [0.717, 1.165) is 5.56 Å². The fourth-order valence-electron chi connectivity index (χ4n) is 1.70. The van der Waals surface area contributed by atoms with Gasteiger partial charge in [0, 0.05) is 16.3 Å². The number of amides is 1. The predicted molar refractivity (Wildman–Crippen MR) is 82.6 cm³/mol. The molecule has 2 N–H and O–H groups in total. The van der Waals surface area contributed by atoms with Gasteiger partial charge in [0.25, 0.3) is 5.91 Å². The fraction of sp³-hybridized carbons (Fsp3) is 0.0667. The third-order valence-electron chi connectivity index (χ3n) is 2.89. The second-order valence-corrected chi connectivity index (χ2v) is 5.23. The Kier molecular flexibility index (Phi) is 4.50. The maximum atomic E-state index is 12.1. The summed E-state index contributed by atoms with van der Waals surface area (Å²) in [7, 11) is 0. The molecular formula is C15H11Cl2NO3. The van der Waals surface area contributed by atoms with Crippen molar-refractivity contribution in [2.75, 3.05) is 5.32 Å². The molecule has 0 radical (unpaired) electrons. The molecule has 0 saturated carbocycles. The standard InChI is InChI=1S/C15H11Cl2NO3/c1-8-2-3-9(6-12(8)16)14(19)18-10-4-5-11(15(20)21)13(17)7-10/h2-7H,1H3,(H,18,19)(H,20,21). The van der Waals surface area contributed by atoms with Gasteiger partial charge in [-0.25, -0.2) is 4.79 Å². The van der Waals surface area contributed by atoms with Crippen molar-refractivity contribution >= 4 is 40.8 Å². The van der Waals surface area contributed by atoms with Crippen LogP contribution in [0.2, 0.25) is 10.0 Å². The molecule has 2 aromatic rings. The lowest BCUT2D eigenvalue weighted by atomic mass is 10.1. The molecule has 0 spiro atoms. The molecule has 0 heterocycles. The molecule has 0 saturated heterocycles. The molecule has 2 rings (SSSR count). The molecule has 0 unspecified atom stereocenters. The van der Waals surface area contributed by atoms with E-state index in [9.17, 15) is 9.59 Å². The molecule has 0 aliphatic rings. The average Bonchev–Trinajstić information content (AvgIpc) is 2.41. The minimum atomic E-state index is -1.12. The summed E-state index contributed by atoms with van der Waals surface area (Å²) in [5, 5.41) is 12.1. The van der Waals surface area contributed by atoms with Gasteiger partial charge in [0.2, 0.25) is 0 Å². The monoisotopic (exact) mass is 323 g/mol. The van der Waals surface area contributed by atoms with Gasteiger partial charge in [-0.2, -0.15) is 0 Å². The molecule has 0 aliphatic heterocycles. The first-order valence-electron chi connectivity index (χ1n) is 5.99. The van der Waals surface area contributed by atoms with E-state index < -0.39 is 5.97 Å². The van der Waals surface area contributed by atoms with Gasteiger partial charge in [-0.3, -0.25) is 4.79 Å². The van der Waals surface area contributed by atoms with Crippen molar-refractivity contribution in [3.63, 3.8) is 0 Å². The number of anilines is 1. The van der Waals surface area contributed by atoms with E-state index in [4.69, 9.17) is 28.3 Å². The summed E-state index contributed by atoms with van der Waals surface area (Å²) < 4.78 is 0. The summed E-state index contributed by atoms with van der Waals surface area (Å²) in [5.74, 6) is -1.47. The molecule has 1 amide bonds. The maximum Gasteiger partial charge on any atom is 0.337 e. The van der Waals surface area contributed by atoms with E-state index in [2.05, 4.69) is 5.32 Å². The van der Waals surface area contributed by atoms with Crippen molar-refractivity contribution in [3.8, 4) is 0 Å². The predicted octanol–water partition coefficient (Wildman–Crippen LogP) is 4.25. The highest BCUT2D eigenvalue weighted by Gasteiger charge is 2.11. The van der Waals surface area contributed by atoms with E-state index in [-0.39, 0.29) is 16.5 Å². The average molecular weight is 324 g/mol.